The van der Waals surface area contributed by atoms with E-state index in [1.54, 1.807) is 0 Å². The van der Waals surface area contributed by atoms with Gasteiger partial charge in [-0.3, -0.25) is 0 Å². The van der Waals surface area contributed by atoms with Crippen molar-refractivity contribution in [2.75, 3.05) is 27.4 Å². The maximum atomic E-state index is 8.95. The molecule has 2 N–H and O–H groups in total. The third-order valence-corrected chi connectivity index (χ3v) is 2.31. The normalized spacial score (nSPS) is 39.7. The molecule has 5 heteroatoms. The molecule has 1 rings (SSSR count). The van der Waals surface area contributed by atoms with Crippen molar-refractivity contribution in [1.29, 1.82) is 0 Å². The Kier molecular flexibility index (Phi) is 4.08. The molecule has 0 aliphatic carbocycles. The predicted octanol–water partition coefficient (Wildman–Crippen LogP) is -1.23. The Morgan fingerprint density at radius 1 is 1.00 bits per heavy atom. The third kappa shape index (κ3) is 2.00. The molecule has 1 fully saturated rings. The number of aliphatic hydroxyl groups is 2. The number of rotatable bonds is 4. The third-order valence-electron chi connectivity index (χ3n) is 2.31. The summed E-state index contributed by atoms with van der Waals surface area (Å²) in [6.45, 7) is -0.260. The van der Waals surface area contributed by atoms with E-state index in [0.717, 1.165) is 0 Å². The van der Waals surface area contributed by atoms with E-state index in [0.29, 0.717) is 0 Å². The van der Waals surface area contributed by atoms with Crippen molar-refractivity contribution >= 4 is 0 Å². The Hall–Kier alpha value is -0.200. The molecule has 0 unspecified atom stereocenters. The van der Waals surface area contributed by atoms with Crippen LogP contribution in [0.15, 0.2) is 0 Å². The molecule has 4 atom stereocenters. The van der Waals surface area contributed by atoms with Gasteiger partial charge in [0.25, 0.3) is 0 Å². The predicted molar refractivity (Wildman–Crippen MR) is 44.4 cm³/mol. The molecule has 0 radical (unpaired) electrons. The first-order chi connectivity index (χ1) is 6.28. The molecule has 0 aromatic rings. The molecule has 0 spiro atoms. The molecule has 5 nitrogen and oxygen atoms in total. The van der Waals surface area contributed by atoms with Gasteiger partial charge in [-0.05, 0) is 0 Å². The molecular weight excluding hydrogens is 176 g/mol. The van der Waals surface area contributed by atoms with Crippen LogP contribution in [0, 0.1) is 0 Å². The lowest BCUT2D eigenvalue weighted by Gasteiger charge is -2.19. The number of hydrogen-bond acceptors (Lipinski definition) is 5. The van der Waals surface area contributed by atoms with Crippen LogP contribution >= 0.6 is 0 Å². The van der Waals surface area contributed by atoms with Gasteiger partial charge >= 0.3 is 0 Å². The first-order valence-electron chi connectivity index (χ1n) is 4.21. The van der Waals surface area contributed by atoms with Crippen LogP contribution in [0.5, 0.6) is 0 Å². The van der Waals surface area contributed by atoms with Crippen molar-refractivity contribution < 1.29 is 24.4 Å². The van der Waals surface area contributed by atoms with Crippen molar-refractivity contribution in [2.45, 2.75) is 24.4 Å². The van der Waals surface area contributed by atoms with E-state index in [1.807, 2.05) is 0 Å². The highest BCUT2D eigenvalue weighted by Crippen LogP contribution is 2.25. The summed E-state index contributed by atoms with van der Waals surface area (Å²) < 4.78 is 15.6. The summed E-state index contributed by atoms with van der Waals surface area (Å²) in [5.74, 6) is 0. The van der Waals surface area contributed by atoms with E-state index in [-0.39, 0.29) is 25.4 Å². The van der Waals surface area contributed by atoms with E-state index < -0.39 is 12.2 Å². The van der Waals surface area contributed by atoms with Crippen LogP contribution in [0.2, 0.25) is 0 Å². The Labute approximate surface area is 77.2 Å². The number of ether oxygens (including phenoxy) is 3. The van der Waals surface area contributed by atoms with Gasteiger partial charge < -0.3 is 24.4 Å². The molecule has 1 saturated heterocycles. The number of methoxy groups -OCH3 is 2. The van der Waals surface area contributed by atoms with E-state index >= 15 is 0 Å². The molecule has 0 aromatic carbocycles. The van der Waals surface area contributed by atoms with Gasteiger partial charge in [0.05, 0.1) is 13.2 Å². The highest BCUT2D eigenvalue weighted by atomic mass is 16.6. The van der Waals surface area contributed by atoms with Crippen molar-refractivity contribution in [1.82, 2.24) is 0 Å². The summed E-state index contributed by atoms with van der Waals surface area (Å²) in [6, 6.07) is 0. The summed E-state index contributed by atoms with van der Waals surface area (Å²) in [7, 11) is 3.06. The van der Waals surface area contributed by atoms with Gasteiger partial charge in [0.15, 0.2) is 0 Å². The molecule has 0 bridgehead atoms. The first kappa shape index (κ1) is 10.9. The molecule has 1 aliphatic heterocycles. The maximum Gasteiger partial charge on any atom is 0.114 e. The fraction of sp³-hybridized carbons (Fsp3) is 1.00. The molecule has 13 heavy (non-hydrogen) atoms. The zero-order valence-electron chi connectivity index (χ0n) is 7.84. The van der Waals surface area contributed by atoms with Crippen LogP contribution < -0.4 is 0 Å². The lowest BCUT2D eigenvalue weighted by molar-refractivity contribution is -0.0453. The van der Waals surface area contributed by atoms with Crippen molar-refractivity contribution in [3.05, 3.63) is 0 Å². The van der Waals surface area contributed by atoms with Crippen molar-refractivity contribution in [3.8, 4) is 0 Å². The largest absolute Gasteiger partial charge is 0.394 e. The summed E-state index contributed by atoms with van der Waals surface area (Å²) in [6.07, 6.45) is -1.45. The van der Waals surface area contributed by atoms with Gasteiger partial charge in [-0.15, -0.1) is 0 Å². The van der Waals surface area contributed by atoms with Crippen LogP contribution in [0.4, 0.5) is 0 Å². The van der Waals surface area contributed by atoms with E-state index in [4.69, 9.17) is 24.4 Å². The first-order valence-corrected chi connectivity index (χ1v) is 4.21. The van der Waals surface area contributed by atoms with E-state index in [2.05, 4.69) is 0 Å². The van der Waals surface area contributed by atoms with Gasteiger partial charge in [0, 0.05) is 14.2 Å². The summed E-state index contributed by atoms with van der Waals surface area (Å²) in [5, 5.41) is 17.9. The standard InChI is InChI=1S/C8H16O5/c1-11-7-5(3-9)13-6(4-10)8(7)12-2/h5-10H,3-4H2,1-2H3/t5-,6-,7-,8-/m1/s1. The molecule has 1 heterocycles. The van der Waals surface area contributed by atoms with Gasteiger partial charge in [-0.2, -0.15) is 0 Å². The van der Waals surface area contributed by atoms with Crippen LogP contribution in [0.3, 0.4) is 0 Å². The molecule has 1 aliphatic rings. The van der Waals surface area contributed by atoms with Gasteiger partial charge in [-0.25, -0.2) is 0 Å². The second-order valence-electron chi connectivity index (χ2n) is 2.98. The minimum absolute atomic E-state index is 0.130. The average Bonchev–Trinajstić information content (AvgIpc) is 2.54. The van der Waals surface area contributed by atoms with E-state index in [9.17, 15) is 0 Å². The highest BCUT2D eigenvalue weighted by Gasteiger charge is 2.44. The summed E-state index contributed by atoms with van der Waals surface area (Å²) in [4.78, 5) is 0. The minimum atomic E-state index is -0.410. The molecule has 78 valence electrons. The van der Waals surface area contributed by atoms with Crippen LogP contribution in [-0.4, -0.2) is 62.1 Å². The lowest BCUT2D eigenvalue weighted by atomic mass is 10.1. The monoisotopic (exact) mass is 192 g/mol. The fourth-order valence-corrected chi connectivity index (χ4v) is 1.67. The molecule has 0 saturated carbocycles. The van der Waals surface area contributed by atoms with Gasteiger partial charge in [0.1, 0.15) is 24.4 Å². The van der Waals surface area contributed by atoms with Crippen LogP contribution in [-0.2, 0) is 14.2 Å². The second-order valence-corrected chi connectivity index (χ2v) is 2.98. The van der Waals surface area contributed by atoms with E-state index in [1.165, 1.54) is 14.2 Å². The maximum absolute atomic E-state index is 8.95. The number of aliphatic hydroxyl groups excluding tert-OH is 2. The smallest absolute Gasteiger partial charge is 0.114 e. The SMILES string of the molecule is CO[C@H]1[C@H](OC)[C@@H](CO)O[C@@H]1CO. The summed E-state index contributed by atoms with van der Waals surface area (Å²) in [5.41, 5.74) is 0. The fourth-order valence-electron chi connectivity index (χ4n) is 1.67. The topological polar surface area (TPSA) is 68.2 Å². The van der Waals surface area contributed by atoms with Gasteiger partial charge in [-0.1, -0.05) is 0 Å². The Balaban J connectivity index is 2.65. The number of hydrogen-bond donors (Lipinski definition) is 2. The molecule has 0 aromatic heterocycles. The Bertz CT molecular complexity index is 135. The molecular formula is C8H16O5. The zero-order chi connectivity index (χ0) is 9.84. The van der Waals surface area contributed by atoms with Gasteiger partial charge in [0.2, 0.25) is 0 Å². The Morgan fingerprint density at radius 2 is 1.38 bits per heavy atom. The second kappa shape index (κ2) is 4.88. The molecule has 0 amide bonds. The van der Waals surface area contributed by atoms with Crippen LogP contribution in [0.1, 0.15) is 0 Å². The van der Waals surface area contributed by atoms with Crippen molar-refractivity contribution in [3.63, 3.8) is 0 Å². The Morgan fingerprint density at radius 3 is 1.62 bits per heavy atom. The highest BCUT2D eigenvalue weighted by molar-refractivity contribution is 4.92. The van der Waals surface area contributed by atoms with Crippen molar-refractivity contribution in [2.24, 2.45) is 0 Å². The average molecular weight is 192 g/mol. The van der Waals surface area contributed by atoms with Crippen LogP contribution in [0.25, 0.3) is 0 Å². The minimum Gasteiger partial charge on any atom is -0.394 e. The summed E-state index contributed by atoms with van der Waals surface area (Å²) >= 11 is 0. The quantitative estimate of drug-likeness (QED) is 0.583. The zero-order valence-corrected chi connectivity index (χ0v) is 7.84. The lowest BCUT2D eigenvalue weighted by Crippen LogP contribution is -2.38.